The van der Waals surface area contributed by atoms with Crippen molar-refractivity contribution in [1.82, 2.24) is 44.9 Å². The van der Waals surface area contributed by atoms with Gasteiger partial charge in [0, 0.05) is 29.8 Å². The maximum atomic E-state index is 15.0. The van der Waals surface area contributed by atoms with Gasteiger partial charge in [-0.05, 0) is 55.4 Å². The van der Waals surface area contributed by atoms with Gasteiger partial charge in [-0.2, -0.15) is 46.7 Å². The first kappa shape index (κ1) is 46.9. The van der Waals surface area contributed by atoms with Gasteiger partial charge in [0.1, 0.15) is 23.1 Å². The third kappa shape index (κ3) is 9.36. The minimum absolute atomic E-state index is 0.00678. The monoisotopic (exact) mass is 926 g/mol. The summed E-state index contributed by atoms with van der Waals surface area (Å²) in [6, 6.07) is 8.03. The highest BCUT2D eigenvalue weighted by molar-refractivity contribution is 6.33. The number of carboxylic acids is 2. The van der Waals surface area contributed by atoms with Crippen LogP contribution < -0.4 is 5.32 Å². The Morgan fingerprint density at radius 3 is 2.14 bits per heavy atom. The van der Waals surface area contributed by atoms with Crippen LogP contribution in [-0.2, 0) is 19.9 Å². The van der Waals surface area contributed by atoms with E-state index in [9.17, 15) is 50.2 Å². The molecule has 1 saturated heterocycles. The third-order valence-corrected chi connectivity index (χ3v) is 11.4. The molecule has 17 nitrogen and oxygen atoms in total. The molecule has 3 heterocycles. The fraction of sp³-hybridized carbons (Fsp3) is 0.410. The van der Waals surface area contributed by atoms with Crippen molar-refractivity contribution in [2.24, 2.45) is 5.41 Å². The average Bonchev–Trinajstić information content (AvgIpc) is 4.10. The number of hydrogen-bond donors (Lipinski definition) is 5. The van der Waals surface area contributed by atoms with Gasteiger partial charge in [0.05, 0.1) is 28.7 Å². The molecule has 0 radical (unpaired) electrons. The Morgan fingerprint density at radius 1 is 1.00 bits per heavy atom. The summed E-state index contributed by atoms with van der Waals surface area (Å²) in [5.74, 6) is -4.85. The van der Waals surface area contributed by atoms with E-state index in [1.54, 1.807) is 4.80 Å². The van der Waals surface area contributed by atoms with E-state index < -0.39 is 90.4 Å². The zero-order chi connectivity index (χ0) is 47.1. The van der Waals surface area contributed by atoms with Crippen LogP contribution in [0.15, 0.2) is 67.1 Å². The van der Waals surface area contributed by atoms with Gasteiger partial charge in [0.15, 0.2) is 11.8 Å². The van der Waals surface area contributed by atoms with Gasteiger partial charge in [-0.25, -0.2) is 28.1 Å². The number of hydrogen-bond acceptors (Lipinski definition) is 9. The molecule has 0 bridgehead atoms. The summed E-state index contributed by atoms with van der Waals surface area (Å²) in [6.45, 7) is -2.31. The molecular formula is C39H38ClF7N10O7. The van der Waals surface area contributed by atoms with E-state index in [2.05, 4.69) is 25.6 Å². The number of benzene rings is 2. The maximum Gasteiger partial charge on any atom is 0.408 e. The number of carbonyl (C=O) groups excluding carboxylic acids is 1. The minimum Gasteiger partial charge on any atom is -0.478 e. The van der Waals surface area contributed by atoms with Gasteiger partial charge in [0.2, 0.25) is 0 Å². The van der Waals surface area contributed by atoms with Crippen molar-refractivity contribution in [2.75, 3.05) is 6.54 Å². The lowest BCUT2D eigenvalue weighted by Gasteiger charge is -2.38. The van der Waals surface area contributed by atoms with Crippen LogP contribution in [0.1, 0.15) is 75.7 Å². The summed E-state index contributed by atoms with van der Waals surface area (Å²) in [5.41, 5.74) is -6.27. The van der Waals surface area contributed by atoms with E-state index >= 15 is 4.79 Å². The second kappa shape index (κ2) is 17.5. The van der Waals surface area contributed by atoms with E-state index in [1.165, 1.54) is 48.7 Å². The Balaban J connectivity index is 0.000000776. The molecule has 4 aromatic rings. The number of carbonyl (C=O) groups is 4. The van der Waals surface area contributed by atoms with Crippen molar-refractivity contribution in [3.63, 3.8) is 0 Å². The number of rotatable bonds is 15. The van der Waals surface area contributed by atoms with Gasteiger partial charge < -0.3 is 20.6 Å². The molecule has 2 amide bonds. The molecule has 64 heavy (non-hydrogen) atoms. The molecule has 3 aliphatic rings. The van der Waals surface area contributed by atoms with Crippen molar-refractivity contribution in [1.29, 1.82) is 5.41 Å². The second-order valence-electron chi connectivity index (χ2n) is 15.8. The van der Waals surface area contributed by atoms with Crippen LogP contribution in [0.3, 0.4) is 0 Å². The fourth-order valence-electron chi connectivity index (χ4n) is 7.26. The summed E-state index contributed by atoms with van der Waals surface area (Å²) < 4.78 is 101. The first-order valence-electron chi connectivity index (χ1n) is 19.1. The van der Waals surface area contributed by atoms with Crippen molar-refractivity contribution in [2.45, 2.75) is 88.3 Å². The normalized spacial score (nSPS) is 18.8. The Bertz CT molecular complexity index is 2460. The number of nitrogens with one attached hydrogen (secondary N) is 2. The van der Waals surface area contributed by atoms with Gasteiger partial charge >= 0.3 is 30.8 Å². The van der Waals surface area contributed by atoms with Gasteiger partial charge in [-0.3, -0.25) is 20.0 Å². The fourth-order valence-corrected chi connectivity index (χ4v) is 7.46. The Kier molecular flexibility index (Phi) is 12.8. The van der Waals surface area contributed by atoms with Crippen molar-refractivity contribution < 1.29 is 65.2 Å². The first-order valence-corrected chi connectivity index (χ1v) is 19.5. The highest BCUT2D eigenvalue weighted by atomic mass is 35.5. The molecule has 25 heteroatoms. The van der Waals surface area contributed by atoms with Crippen molar-refractivity contribution in [3.8, 4) is 22.6 Å². The Morgan fingerprint density at radius 2 is 1.62 bits per heavy atom. The number of alkyl halides is 7. The highest BCUT2D eigenvalue weighted by Gasteiger charge is 2.62. The smallest absolute Gasteiger partial charge is 0.408 e. The van der Waals surface area contributed by atoms with Crippen molar-refractivity contribution >= 4 is 41.5 Å². The minimum atomic E-state index is -4.86. The van der Waals surface area contributed by atoms with Crippen molar-refractivity contribution in [3.05, 3.63) is 83.3 Å². The van der Waals surface area contributed by atoms with Crippen LogP contribution in [0, 0.1) is 10.8 Å². The number of amides is 2. The predicted molar refractivity (Wildman–Crippen MR) is 209 cm³/mol. The van der Waals surface area contributed by atoms with Crippen LogP contribution in [0.5, 0.6) is 0 Å². The standard InChI is InChI=1S/C35H34ClF7N10O3.C4H4O4/c1-32(2,35(41,42)43)16-34(20-6-3-18(4-7-20)24-14-46-53(49-24)21-8-9-21)28(54)51(30(44)48-34)25(15-50(31(55)56)33(11-12-33)27(37)38)19-5-10-23(36)22(13-19)26-45-17-47-52(26)29(39)40;5-3(6)1-2-4(7)8/h3-7,10,13-14,17,21,25,27,29H,8-9,11-12,15-16H2,1-2H3,(H2,44,48)(H,55,56);1-2H,(H,5,6)(H,7,8)/b;2-1-/t25?,34-;/m1./s1. The molecule has 2 aromatic carbocycles. The van der Waals surface area contributed by atoms with Gasteiger partial charge in [0.25, 0.3) is 12.3 Å². The molecule has 1 aliphatic heterocycles. The lowest BCUT2D eigenvalue weighted by molar-refractivity contribution is -0.218. The second-order valence-corrected chi connectivity index (χ2v) is 16.2. The van der Waals surface area contributed by atoms with E-state index in [0.717, 1.165) is 33.0 Å². The molecule has 3 fully saturated rings. The molecule has 2 saturated carbocycles. The molecule has 342 valence electrons. The molecule has 2 aliphatic carbocycles. The number of halogens is 8. The molecule has 5 N–H and O–H groups in total. The third-order valence-electron chi connectivity index (χ3n) is 11.0. The Labute approximate surface area is 362 Å². The zero-order valence-corrected chi connectivity index (χ0v) is 34.2. The summed E-state index contributed by atoms with van der Waals surface area (Å²) >= 11 is 6.40. The number of aromatic nitrogens is 6. The van der Waals surface area contributed by atoms with E-state index in [1.807, 2.05) is 0 Å². The molecular weight excluding hydrogens is 889 g/mol. The number of guanidine groups is 1. The van der Waals surface area contributed by atoms with Gasteiger partial charge in [-0.15, -0.1) is 0 Å². The lowest BCUT2D eigenvalue weighted by atomic mass is 9.74. The van der Waals surface area contributed by atoms with Crippen LogP contribution in [0.2, 0.25) is 5.02 Å². The predicted octanol–water partition coefficient (Wildman–Crippen LogP) is 7.36. The highest BCUT2D eigenvalue weighted by Crippen LogP contribution is 2.51. The zero-order valence-electron chi connectivity index (χ0n) is 33.5. The average molecular weight is 927 g/mol. The Hall–Kier alpha value is -6.59. The maximum absolute atomic E-state index is 15.0. The topological polar surface area (TPSA) is 233 Å². The summed E-state index contributed by atoms with van der Waals surface area (Å²) in [6.07, 6.45) is -5.93. The van der Waals surface area contributed by atoms with Gasteiger partial charge in [-0.1, -0.05) is 55.8 Å². The summed E-state index contributed by atoms with van der Waals surface area (Å²) in [7, 11) is 0. The van der Waals surface area contributed by atoms with Crippen LogP contribution in [0.25, 0.3) is 22.6 Å². The molecule has 7 rings (SSSR count). The SMILES string of the molecule is CC(C)(C[C@]1(c2ccc(-c3cnn(C4CC4)n3)cc2)NC(=N)N(C(CN(C(=O)O)C2(C(F)F)CC2)c2ccc(Cl)c(-c3ncnn3C(F)F)c2)C1=O)C(F)(F)F.O=C(O)/C=C\C(=O)O. The van der Waals surface area contributed by atoms with E-state index in [-0.39, 0.29) is 45.3 Å². The summed E-state index contributed by atoms with van der Waals surface area (Å²) in [4.78, 5) is 53.4. The van der Waals surface area contributed by atoms with Crippen LogP contribution in [0.4, 0.5) is 35.5 Å². The first-order chi connectivity index (χ1) is 29.9. The molecule has 0 spiro atoms. The number of aliphatic carboxylic acids is 2. The number of nitrogens with zero attached hydrogens (tertiary/aromatic N) is 8. The number of carboxylic acid groups (broad SMARTS) is 3. The van der Waals surface area contributed by atoms with E-state index in [4.69, 9.17) is 27.2 Å². The lowest BCUT2D eigenvalue weighted by Crippen LogP contribution is -2.52. The van der Waals surface area contributed by atoms with Crippen LogP contribution >= 0.6 is 11.6 Å². The van der Waals surface area contributed by atoms with E-state index in [0.29, 0.717) is 33.2 Å². The molecule has 1 unspecified atom stereocenters. The van der Waals surface area contributed by atoms with Crippen LogP contribution in [-0.4, -0.2) is 109 Å². The largest absolute Gasteiger partial charge is 0.478 e. The molecule has 2 atom stereocenters. The quantitative estimate of drug-likeness (QED) is 0.0582. The molecule has 2 aromatic heterocycles. The summed E-state index contributed by atoms with van der Waals surface area (Å²) in [5, 5.41) is 49.7.